The lowest BCUT2D eigenvalue weighted by Gasteiger charge is -2.09. The summed E-state index contributed by atoms with van der Waals surface area (Å²) in [5, 5.41) is 11.4. The number of nitro benzene ring substituents is 1. The van der Waals surface area contributed by atoms with Crippen LogP contribution in [0.1, 0.15) is 5.56 Å². The minimum atomic E-state index is -3.79. The average molecular weight is 376 g/mol. The maximum absolute atomic E-state index is 12.1. The normalized spacial score (nSPS) is 11.2. The molecule has 0 aliphatic heterocycles. The summed E-state index contributed by atoms with van der Waals surface area (Å²) in [6.07, 6.45) is 0. The largest absolute Gasteiger partial charge is 0.393 e. The maximum atomic E-state index is 12.1. The number of anilines is 2. The van der Waals surface area contributed by atoms with Gasteiger partial charge in [0.2, 0.25) is 10.0 Å². The van der Waals surface area contributed by atoms with Gasteiger partial charge in [-0.3, -0.25) is 14.8 Å². The SMILES string of the molecule is Nc1ccc(NS(=O)(=O)Cc2ccc(Cl)c(Cl)c2)cc1[N+](=O)[O-]. The molecule has 0 fully saturated rings. The van der Waals surface area contributed by atoms with Crippen LogP contribution in [0.15, 0.2) is 36.4 Å². The average Bonchev–Trinajstić information content (AvgIpc) is 2.44. The van der Waals surface area contributed by atoms with E-state index in [1.807, 2.05) is 0 Å². The van der Waals surface area contributed by atoms with E-state index in [9.17, 15) is 18.5 Å². The molecule has 2 rings (SSSR count). The van der Waals surface area contributed by atoms with Crippen molar-refractivity contribution in [2.45, 2.75) is 5.75 Å². The Morgan fingerprint density at radius 2 is 1.83 bits per heavy atom. The van der Waals surface area contributed by atoms with Gasteiger partial charge in [0.05, 0.1) is 26.4 Å². The molecule has 0 heterocycles. The number of nitrogen functional groups attached to an aromatic ring is 1. The zero-order valence-corrected chi connectivity index (χ0v) is 13.8. The number of sulfonamides is 1. The first-order valence-electron chi connectivity index (χ1n) is 6.16. The molecule has 2 aromatic carbocycles. The fourth-order valence-electron chi connectivity index (χ4n) is 1.83. The van der Waals surface area contributed by atoms with Gasteiger partial charge in [-0.15, -0.1) is 0 Å². The molecular formula is C13H11Cl2N3O4S. The lowest BCUT2D eigenvalue weighted by molar-refractivity contribution is -0.383. The number of nitrogens with zero attached hydrogens (tertiary/aromatic N) is 1. The predicted octanol–water partition coefficient (Wildman–Crippen LogP) is 3.43. The van der Waals surface area contributed by atoms with Crippen LogP contribution < -0.4 is 10.5 Å². The minimum Gasteiger partial charge on any atom is -0.393 e. The molecule has 0 radical (unpaired) electrons. The Bertz CT molecular complexity index is 872. The number of hydrogen-bond acceptors (Lipinski definition) is 5. The summed E-state index contributed by atoms with van der Waals surface area (Å²) >= 11 is 11.6. The Morgan fingerprint density at radius 1 is 1.13 bits per heavy atom. The standard InChI is InChI=1S/C13H11Cl2N3O4S/c14-10-3-1-8(5-11(10)15)7-23(21,22)17-9-2-4-12(16)13(6-9)18(19)20/h1-6,17H,7,16H2. The molecule has 10 heteroatoms. The third kappa shape index (κ3) is 4.47. The van der Waals surface area contributed by atoms with Crippen LogP contribution in [0.4, 0.5) is 17.1 Å². The smallest absolute Gasteiger partial charge is 0.294 e. The van der Waals surface area contributed by atoms with E-state index in [4.69, 9.17) is 28.9 Å². The van der Waals surface area contributed by atoms with Gasteiger partial charge >= 0.3 is 0 Å². The first-order chi connectivity index (χ1) is 10.7. The summed E-state index contributed by atoms with van der Waals surface area (Å²) in [4.78, 5) is 10.1. The van der Waals surface area contributed by atoms with Crippen LogP contribution in [0, 0.1) is 10.1 Å². The lowest BCUT2D eigenvalue weighted by Crippen LogP contribution is -2.15. The molecule has 0 atom stereocenters. The third-order valence-corrected chi connectivity index (χ3v) is 4.84. The lowest BCUT2D eigenvalue weighted by atomic mass is 10.2. The van der Waals surface area contributed by atoms with E-state index < -0.39 is 14.9 Å². The second-order valence-electron chi connectivity index (χ2n) is 4.64. The van der Waals surface area contributed by atoms with E-state index in [1.165, 1.54) is 30.3 Å². The summed E-state index contributed by atoms with van der Waals surface area (Å²) in [5.41, 5.74) is 5.51. The molecule has 0 saturated heterocycles. The summed E-state index contributed by atoms with van der Waals surface area (Å²) in [6.45, 7) is 0. The Kier molecular flexibility index (Phi) is 4.98. The van der Waals surface area contributed by atoms with Crippen molar-refractivity contribution in [1.29, 1.82) is 0 Å². The minimum absolute atomic E-state index is 0.0472. The van der Waals surface area contributed by atoms with Gasteiger partial charge in [-0.25, -0.2) is 8.42 Å². The molecule has 23 heavy (non-hydrogen) atoms. The molecular weight excluding hydrogens is 365 g/mol. The Balaban J connectivity index is 2.22. The summed E-state index contributed by atoms with van der Waals surface area (Å²) in [6, 6.07) is 8.11. The first kappa shape index (κ1) is 17.3. The van der Waals surface area contributed by atoms with Crippen LogP contribution in [-0.2, 0) is 15.8 Å². The second-order valence-corrected chi connectivity index (χ2v) is 7.18. The van der Waals surface area contributed by atoms with Crippen LogP contribution in [0.3, 0.4) is 0 Å². The maximum Gasteiger partial charge on any atom is 0.294 e. The van der Waals surface area contributed by atoms with Crippen molar-refractivity contribution >= 4 is 50.3 Å². The van der Waals surface area contributed by atoms with Gasteiger partial charge in [0.25, 0.3) is 5.69 Å². The van der Waals surface area contributed by atoms with E-state index in [0.717, 1.165) is 6.07 Å². The quantitative estimate of drug-likeness (QED) is 0.471. The van der Waals surface area contributed by atoms with Gasteiger partial charge < -0.3 is 5.73 Å². The number of benzene rings is 2. The Morgan fingerprint density at radius 3 is 2.43 bits per heavy atom. The summed E-state index contributed by atoms with van der Waals surface area (Å²) in [5.74, 6) is -0.359. The number of nitro groups is 1. The van der Waals surface area contributed by atoms with Crippen molar-refractivity contribution < 1.29 is 13.3 Å². The van der Waals surface area contributed by atoms with Gasteiger partial charge in [-0.2, -0.15) is 0 Å². The number of hydrogen-bond donors (Lipinski definition) is 2. The molecule has 7 nitrogen and oxygen atoms in total. The first-order valence-corrected chi connectivity index (χ1v) is 8.57. The van der Waals surface area contributed by atoms with Gasteiger partial charge in [0.15, 0.2) is 0 Å². The Labute approximate surface area is 142 Å². The topological polar surface area (TPSA) is 115 Å². The predicted molar refractivity (Wildman–Crippen MR) is 90.2 cm³/mol. The fraction of sp³-hybridized carbons (Fsp3) is 0.0769. The van der Waals surface area contributed by atoms with Crippen molar-refractivity contribution in [2.75, 3.05) is 10.5 Å². The highest BCUT2D eigenvalue weighted by Gasteiger charge is 2.17. The molecule has 0 amide bonds. The molecule has 0 aliphatic rings. The molecule has 3 N–H and O–H groups in total. The van der Waals surface area contributed by atoms with Crippen LogP contribution in [-0.4, -0.2) is 13.3 Å². The zero-order valence-electron chi connectivity index (χ0n) is 11.5. The van der Waals surface area contributed by atoms with Crippen LogP contribution >= 0.6 is 23.2 Å². The number of rotatable bonds is 5. The molecule has 0 bridgehead atoms. The second kappa shape index (κ2) is 6.61. The van der Waals surface area contributed by atoms with Crippen LogP contribution in [0.2, 0.25) is 10.0 Å². The molecule has 122 valence electrons. The van der Waals surface area contributed by atoms with Crippen LogP contribution in [0.25, 0.3) is 0 Å². The van der Waals surface area contributed by atoms with Crippen molar-refractivity contribution in [3.05, 3.63) is 62.1 Å². The monoisotopic (exact) mass is 375 g/mol. The summed E-state index contributed by atoms with van der Waals surface area (Å²) in [7, 11) is -3.79. The Hall–Kier alpha value is -2.03. The van der Waals surface area contributed by atoms with Crippen molar-refractivity contribution in [2.24, 2.45) is 0 Å². The highest BCUT2D eigenvalue weighted by molar-refractivity contribution is 7.91. The highest BCUT2D eigenvalue weighted by Crippen LogP contribution is 2.27. The van der Waals surface area contributed by atoms with E-state index in [2.05, 4.69) is 4.72 Å². The van der Waals surface area contributed by atoms with E-state index in [0.29, 0.717) is 10.6 Å². The zero-order chi connectivity index (χ0) is 17.2. The molecule has 0 aliphatic carbocycles. The molecule has 0 saturated carbocycles. The van der Waals surface area contributed by atoms with Crippen LogP contribution in [0.5, 0.6) is 0 Å². The van der Waals surface area contributed by atoms with E-state index in [1.54, 1.807) is 0 Å². The number of nitrogens with one attached hydrogen (secondary N) is 1. The third-order valence-electron chi connectivity index (χ3n) is 2.84. The van der Waals surface area contributed by atoms with Gasteiger partial charge in [-0.1, -0.05) is 29.3 Å². The van der Waals surface area contributed by atoms with Gasteiger partial charge in [-0.05, 0) is 29.8 Å². The molecule has 0 spiro atoms. The van der Waals surface area contributed by atoms with Gasteiger partial charge in [0, 0.05) is 6.07 Å². The molecule has 0 aromatic heterocycles. The van der Waals surface area contributed by atoms with Crippen molar-refractivity contribution in [3.8, 4) is 0 Å². The van der Waals surface area contributed by atoms with E-state index in [-0.39, 0.29) is 27.8 Å². The molecule has 2 aromatic rings. The fourth-order valence-corrected chi connectivity index (χ4v) is 3.33. The van der Waals surface area contributed by atoms with Crippen molar-refractivity contribution in [3.63, 3.8) is 0 Å². The highest BCUT2D eigenvalue weighted by atomic mass is 35.5. The number of halogens is 2. The van der Waals surface area contributed by atoms with Crippen molar-refractivity contribution in [1.82, 2.24) is 0 Å². The molecule has 0 unspecified atom stereocenters. The number of nitrogens with two attached hydrogens (primary N) is 1. The van der Waals surface area contributed by atoms with Gasteiger partial charge in [0.1, 0.15) is 5.69 Å². The summed E-state index contributed by atoms with van der Waals surface area (Å²) < 4.78 is 26.5. The van der Waals surface area contributed by atoms with E-state index >= 15 is 0 Å².